The molecule has 0 amide bonds. The van der Waals surface area contributed by atoms with Gasteiger partial charge in [0, 0.05) is 11.6 Å². The number of thiocarbonyl (C=S) groups is 1. The van der Waals surface area contributed by atoms with E-state index in [0.29, 0.717) is 23.5 Å². The number of benzene rings is 1. The van der Waals surface area contributed by atoms with Gasteiger partial charge in [-0.3, -0.25) is 0 Å². The number of ether oxygens (including phenoxy) is 2. The highest BCUT2D eigenvalue weighted by Crippen LogP contribution is 2.22. The minimum Gasteiger partial charge on any atom is -0.497 e. The first-order valence-electron chi connectivity index (χ1n) is 6.20. The minimum absolute atomic E-state index is 0.0134. The molecule has 0 radical (unpaired) electrons. The third-order valence-electron chi connectivity index (χ3n) is 2.58. The Morgan fingerprint density at radius 2 is 1.90 bits per heavy atom. The molecule has 5 nitrogen and oxygen atoms in total. The second-order valence-corrected chi connectivity index (χ2v) is 7.01. The van der Waals surface area contributed by atoms with E-state index < -0.39 is 9.84 Å². The standard InChI is InChI=1S/C13H19NO4S2/c1-3-5-20(15,16)6-4-18-12-8-10(13(14)19)7-11(9-12)17-2/h7-9H,3-6H2,1-2H3,(H2,14,19). The normalized spacial score (nSPS) is 11.1. The molecule has 1 rings (SSSR count). The van der Waals surface area contributed by atoms with Crippen molar-refractivity contribution in [3.8, 4) is 11.5 Å². The average Bonchev–Trinajstić information content (AvgIpc) is 2.37. The van der Waals surface area contributed by atoms with E-state index in [2.05, 4.69) is 0 Å². The Balaban J connectivity index is 2.73. The fourth-order valence-electron chi connectivity index (χ4n) is 1.61. The third kappa shape index (κ3) is 5.34. The molecule has 1 aromatic carbocycles. The summed E-state index contributed by atoms with van der Waals surface area (Å²) >= 11 is 4.91. The van der Waals surface area contributed by atoms with Crippen molar-refractivity contribution in [1.82, 2.24) is 0 Å². The number of sulfone groups is 1. The zero-order valence-electron chi connectivity index (χ0n) is 11.6. The van der Waals surface area contributed by atoms with Crippen molar-refractivity contribution in [2.24, 2.45) is 5.73 Å². The van der Waals surface area contributed by atoms with Gasteiger partial charge in [-0.15, -0.1) is 0 Å². The lowest BCUT2D eigenvalue weighted by Crippen LogP contribution is -2.17. The van der Waals surface area contributed by atoms with E-state index in [9.17, 15) is 8.42 Å². The number of rotatable bonds is 8. The molecule has 2 N–H and O–H groups in total. The molecule has 0 aliphatic carbocycles. The first-order chi connectivity index (χ1) is 9.38. The largest absolute Gasteiger partial charge is 0.497 e. The summed E-state index contributed by atoms with van der Waals surface area (Å²) in [5, 5.41) is 0. The van der Waals surface area contributed by atoms with Crippen LogP contribution < -0.4 is 15.2 Å². The molecule has 0 saturated carbocycles. The van der Waals surface area contributed by atoms with Crippen LogP contribution in [0.4, 0.5) is 0 Å². The van der Waals surface area contributed by atoms with E-state index >= 15 is 0 Å². The van der Waals surface area contributed by atoms with Crippen molar-refractivity contribution in [3.63, 3.8) is 0 Å². The molecule has 0 aromatic heterocycles. The summed E-state index contributed by atoms with van der Waals surface area (Å²) in [5.41, 5.74) is 6.18. The van der Waals surface area contributed by atoms with Crippen LogP contribution >= 0.6 is 12.2 Å². The molecular formula is C13H19NO4S2. The maximum absolute atomic E-state index is 11.6. The van der Waals surface area contributed by atoms with Gasteiger partial charge in [0.15, 0.2) is 9.84 Å². The van der Waals surface area contributed by atoms with Crippen molar-refractivity contribution in [3.05, 3.63) is 23.8 Å². The number of hydrogen-bond donors (Lipinski definition) is 1. The Morgan fingerprint density at radius 3 is 2.45 bits per heavy atom. The Morgan fingerprint density at radius 1 is 1.25 bits per heavy atom. The predicted octanol–water partition coefficient (Wildman–Crippen LogP) is 1.53. The quantitative estimate of drug-likeness (QED) is 0.733. The lowest BCUT2D eigenvalue weighted by molar-refractivity contribution is 0.336. The molecule has 0 fully saturated rings. The summed E-state index contributed by atoms with van der Waals surface area (Å²) in [4.78, 5) is 0.229. The Kier molecular flexibility index (Phi) is 6.22. The first kappa shape index (κ1) is 16.7. The van der Waals surface area contributed by atoms with Crippen molar-refractivity contribution in [2.45, 2.75) is 13.3 Å². The molecule has 20 heavy (non-hydrogen) atoms. The fourth-order valence-corrected chi connectivity index (χ4v) is 2.90. The Bertz CT molecular complexity index is 570. The predicted molar refractivity (Wildman–Crippen MR) is 83.3 cm³/mol. The van der Waals surface area contributed by atoms with Crippen LogP contribution in [0.15, 0.2) is 18.2 Å². The van der Waals surface area contributed by atoms with Crippen LogP contribution in [0.3, 0.4) is 0 Å². The molecule has 0 heterocycles. The molecule has 0 atom stereocenters. The topological polar surface area (TPSA) is 78.6 Å². The van der Waals surface area contributed by atoms with Crippen LogP contribution in [-0.4, -0.2) is 38.6 Å². The van der Waals surface area contributed by atoms with E-state index in [1.165, 1.54) is 7.11 Å². The van der Waals surface area contributed by atoms with Gasteiger partial charge in [0.2, 0.25) is 0 Å². The minimum atomic E-state index is -3.05. The van der Waals surface area contributed by atoms with E-state index in [0.717, 1.165) is 0 Å². The number of nitrogens with two attached hydrogens (primary N) is 1. The number of methoxy groups -OCH3 is 1. The lowest BCUT2D eigenvalue weighted by Gasteiger charge is -2.10. The van der Waals surface area contributed by atoms with Gasteiger partial charge in [0.05, 0.1) is 18.6 Å². The maximum Gasteiger partial charge on any atom is 0.153 e. The Hall–Kier alpha value is -1.34. The first-order valence-corrected chi connectivity index (χ1v) is 8.43. The fraction of sp³-hybridized carbons (Fsp3) is 0.462. The Labute approximate surface area is 125 Å². The smallest absolute Gasteiger partial charge is 0.153 e. The molecule has 0 aliphatic heterocycles. The maximum atomic E-state index is 11.6. The van der Waals surface area contributed by atoms with Gasteiger partial charge in [0.1, 0.15) is 23.1 Å². The van der Waals surface area contributed by atoms with Crippen LogP contribution in [0.2, 0.25) is 0 Å². The van der Waals surface area contributed by atoms with Crippen molar-refractivity contribution in [1.29, 1.82) is 0 Å². The summed E-state index contributed by atoms with van der Waals surface area (Å²) in [5.74, 6) is 1.20. The summed E-state index contributed by atoms with van der Waals surface area (Å²) in [7, 11) is -1.53. The highest BCUT2D eigenvalue weighted by atomic mass is 32.2. The molecule has 0 saturated heterocycles. The summed E-state index contributed by atoms with van der Waals surface area (Å²) in [6.07, 6.45) is 0.604. The van der Waals surface area contributed by atoms with Crippen LogP contribution in [0.1, 0.15) is 18.9 Å². The highest BCUT2D eigenvalue weighted by molar-refractivity contribution is 7.91. The second-order valence-electron chi connectivity index (χ2n) is 4.26. The van der Waals surface area contributed by atoms with Crippen LogP contribution in [0, 0.1) is 0 Å². The summed E-state index contributed by atoms with van der Waals surface area (Å²) in [6.45, 7) is 1.92. The van der Waals surface area contributed by atoms with Gasteiger partial charge in [-0.1, -0.05) is 19.1 Å². The van der Waals surface area contributed by atoms with E-state index in [4.69, 9.17) is 27.4 Å². The van der Waals surface area contributed by atoms with Crippen LogP contribution in [0.25, 0.3) is 0 Å². The zero-order valence-corrected chi connectivity index (χ0v) is 13.2. The molecule has 0 spiro atoms. The molecule has 7 heteroatoms. The molecule has 0 unspecified atom stereocenters. The molecule has 0 bridgehead atoms. The van der Waals surface area contributed by atoms with Crippen molar-refractivity contribution >= 4 is 27.0 Å². The summed E-state index contributed by atoms with van der Waals surface area (Å²) < 4.78 is 33.7. The third-order valence-corrected chi connectivity index (χ3v) is 4.63. The van der Waals surface area contributed by atoms with E-state index in [1.54, 1.807) is 18.2 Å². The summed E-state index contributed by atoms with van der Waals surface area (Å²) in [6, 6.07) is 5.02. The second kappa shape index (κ2) is 7.44. The molecule has 112 valence electrons. The average molecular weight is 317 g/mol. The number of hydrogen-bond acceptors (Lipinski definition) is 5. The SMILES string of the molecule is CCCS(=O)(=O)CCOc1cc(OC)cc(C(N)=S)c1. The van der Waals surface area contributed by atoms with Gasteiger partial charge in [-0.2, -0.15) is 0 Å². The molecular weight excluding hydrogens is 298 g/mol. The van der Waals surface area contributed by atoms with Crippen molar-refractivity contribution in [2.75, 3.05) is 25.2 Å². The van der Waals surface area contributed by atoms with Crippen LogP contribution in [0.5, 0.6) is 11.5 Å². The van der Waals surface area contributed by atoms with Gasteiger partial charge < -0.3 is 15.2 Å². The van der Waals surface area contributed by atoms with Crippen LogP contribution in [-0.2, 0) is 9.84 Å². The molecule has 0 aliphatic rings. The van der Waals surface area contributed by atoms with Gasteiger partial charge >= 0.3 is 0 Å². The lowest BCUT2D eigenvalue weighted by atomic mass is 10.2. The van der Waals surface area contributed by atoms with E-state index in [-0.39, 0.29) is 23.1 Å². The molecule has 1 aromatic rings. The van der Waals surface area contributed by atoms with Gasteiger partial charge in [-0.25, -0.2) is 8.42 Å². The van der Waals surface area contributed by atoms with Gasteiger partial charge in [-0.05, 0) is 18.6 Å². The monoisotopic (exact) mass is 317 g/mol. The highest BCUT2D eigenvalue weighted by Gasteiger charge is 2.10. The van der Waals surface area contributed by atoms with Gasteiger partial charge in [0.25, 0.3) is 0 Å². The van der Waals surface area contributed by atoms with E-state index in [1.807, 2.05) is 6.92 Å². The van der Waals surface area contributed by atoms with Crippen molar-refractivity contribution < 1.29 is 17.9 Å². The zero-order chi connectivity index (χ0) is 15.2.